The first-order chi connectivity index (χ1) is 15.3. The highest BCUT2D eigenvalue weighted by atomic mass is 32.2. The van der Waals surface area contributed by atoms with E-state index in [0.717, 1.165) is 63.1 Å². The molecule has 0 saturated carbocycles. The third-order valence-electron chi connectivity index (χ3n) is 5.82. The third-order valence-corrected chi connectivity index (χ3v) is 8.69. The van der Waals surface area contributed by atoms with Crippen molar-refractivity contribution in [2.75, 3.05) is 48.9 Å². The largest absolute Gasteiger partial charge is 0.481 e. The van der Waals surface area contributed by atoms with Gasteiger partial charge >= 0.3 is 17.9 Å². The number of carboxylic acid groups (broad SMARTS) is 3. The molecule has 12 heteroatoms. The molecule has 3 N–H and O–H groups in total. The average molecular weight is 510 g/mol. The van der Waals surface area contributed by atoms with Gasteiger partial charge in [-0.1, -0.05) is 0 Å². The predicted octanol–water partition coefficient (Wildman–Crippen LogP) is 2.28. The summed E-state index contributed by atoms with van der Waals surface area (Å²) in [5.41, 5.74) is 0. The van der Waals surface area contributed by atoms with E-state index in [4.69, 9.17) is 10.2 Å². The Kier molecular flexibility index (Phi) is 12.6. The van der Waals surface area contributed by atoms with Crippen LogP contribution >= 0.6 is 35.3 Å². The first-order valence-corrected chi connectivity index (χ1v) is 14.6. The van der Waals surface area contributed by atoms with Gasteiger partial charge in [-0.3, -0.25) is 14.4 Å². The molecule has 2 aliphatic heterocycles. The lowest BCUT2D eigenvalue weighted by atomic mass is 10.2. The summed E-state index contributed by atoms with van der Waals surface area (Å²) in [5, 5.41) is 33.7. The molecule has 9 nitrogen and oxygen atoms in total. The van der Waals surface area contributed by atoms with Crippen molar-refractivity contribution in [2.45, 2.75) is 55.9 Å². The van der Waals surface area contributed by atoms with Crippen LogP contribution < -0.4 is 0 Å². The fourth-order valence-electron chi connectivity index (χ4n) is 4.35. The van der Waals surface area contributed by atoms with Crippen molar-refractivity contribution < 1.29 is 29.7 Å². The number of thioether (sulfide) groups is 3. The van der Waals surface area contributed by atoms with Crippen LogP contribution in [0.4, 0.5) is 0 Å². The van der Waals surface area contributed by atoms with Crippen molar-refractivity contribution in [3.8, 4) is 0 Å². The molecule has 0 aromatic rings. The van der Waals surface area contributed by atoms with E-state index in [-0.39, 0.29) is 23.6 Å². The standard InChI is InChI=1S/C20H35N3O6S3/c1-30-17(20(28)29)12-23(21-8-2-4-15(21)6-10-31-13-18(24)25)22-9-3-5-16(22)7-11-32-14-19(26)27/h15-17H,2-14H2,1H3,(H,24,25)(H,26,27)(H,28,29). The number of carboxylic acids is 3. The van der Waals surface area contributed by atoms with Gasteiger partial charge < -0.3 is 15.3 Å². The Hall–Kier alpha value is -0.660. The van der Waals surface area contributed by atoms with E-state index in [9.17, 15) is 19.5 Å². The second-order valence-electron chi connectivity index (χ2n) is 8.01. The molecule has 0 radical (unpaired) electrons. The number of carbonyl (C=O) groups is 3. The maximum atomic E-state index is 11.8. The van der Waals surface area contributed by atoms with E-state index in [1.54, 1.807) is 0 Å². The molecule has 3 atom stereocenters. The van der Waals surface area contributed by atoms with Crippen LogP contribution in [-0.4, -0.2) is 115 Å². The Labute approximate surface area is 202 Å². The van der Waals surface area contributed by atoms with E-state index in [0.29, 0.717) is 6.54 Å². The van der Waals surface area contributed by atoms with Crippen molar-refractivity contribution >= 4 is 53.2 Å². The van der Waals surface area contributed by atoms with Crippen molar-refractivity contribution in [3.05, 3.63) is 0 Å². The first kappa shape index (κ1) is 27.6. The minimum Gasteiger partial charge on any atom is -0.481 e. The molecule has 3 unspecified atom stereocenters. The number of hydrogen-bond acceptors (Lipinski definition) is 9. The van der Waals surface area contributed by atoms with Gasteiger partial charge in [0.25, 0.3) is 0 Å². The summed E-state index contributed by atoms with van der Waals surface area (Å²) < 4.78 is 0. The number of hydrazine groups is 2. The van der Waals surface area contributed by atoms with Gasteiger partial charge in [0.2, 0.25) is 0 Å². The zero-order chi connectivity index (χ0) is 23.5. The lowest BCUT2D eigenvalue weighted by molar-refractivity contribution is -0.200. The third kappa shape index (κ3) is 8.94. The van der Waals surface area contributed by atoms with Crippen molar-refractivity contribution in [3.63, 3.8) is 0 Å². The highest BCUT2D eigenvalue weighted by Crippen LogP contribution is 2.31. The number of nitrogens with zero attached hydrogens (tertiary/aromatic N) is 3. The van der Waals surface area contributed by atoms with Crippen LogP contribution in [0.2, 0.25) is 0 Å². The Morgan fingerprint density at radius 3 is 1.75 bits per heavy atom. The number of rotatable bonds is 16. The van der Waals surface area contributed by atoms with Gasteiger partial charge in [-0.25, -0.2) is 10.0 Å². The van der Waals surface area contributed by atoms with Crippen LogP contribution in [0.5, 0.6) is 0 Å². The van der Waals surface area contributed by atoms with Crippen LogP contribution in [0.1, 0.15) is 38.5 Å². The van der Waals surface area contributed by atoms with E-state index in [1.807, 2.05) is 6.26 Å². The normalized spacial score (nSPS) is 23.1. The van der Waals surface area contributed by atoms with Crippen molar-refractivity contribution in [1.82, 2.24) is 15.1 Å². The molecule has 32 heavy (non-hydrogen) atoms. The average Bonchev–Trinajstić information content (AvgIpc) is 3.38. The molecule has 0 bridgehead atoms. The van der Waals surface area contributed by atoms with Gasteiger partial charge in [-0.15, -0.1) is 11.8 Å². The minimum atomic E-state index is -0.817. The Morgan fingerprint density at radius 2 is 1.38 bits per heavy atom. The Morgan fingerprint density at radius 1 is 0.906 bits per heavy atom. The topological polar surface area (TPSA) is 122 Å². The smallest absolute Gasteiger partial charge is 0.318 e. The molecule has 0 aromatic heterocycles. The van der Waals surface area contributed by atoms with E-state index in [2.05, 4.69) is 15.1 Å². The van der Waals surface area contributed by atoms with Gasteiger partial charge in [0.15, 0.2) is 0 Å². The van der Waals surface area contributed by atoms with Gasteiger partial charge in [0.1, 0.15) is 5.25 Å². The van der Waals surface area contributed by atoms with Gasteiger partial charge in [0.05, 0.1) is 18.1 Å². The monoisotopic (exact) mass is 509 g/mol. The minimum absolute atomic E-state index is 0.103. The molecule has 0 spiro atoms. The molecule has 2 heterocycles. The number of aliphatic carboxylic acids is 3. The van der Waals surface area contributed by atoms with Gasteiger partial charge in [-0.05, 0) is 56.3 Å². The number of hydrogen-bond donors (Lipinski definition) is 3. The predicted molar refractivity (Wildman–Crippen MR) is 130 cm³/mol. The van der Waals surface area contributed by atoms with E-state index in [1.165, 1.54) is 35.3 Å². The molecule has 2 fully saturated rings. The maximum Gasteiger partial charge on any atom is 0.318 e. The maximum absolute atomic E-state index is 11.8. The lowest BCUT2D eigenvalue weighted by Gasteiger charge is -2.45. The summed E-state index contributed by atoms with van der Waals surface area (Å²) in [6.45, 7) is 2.13. The van der Waals surface area contributed by atoms with E-state index < -0.39 is 23.2 Å². The van der Waals surface area contributed by atoms with Gasteiger partial charge in [0, 0.05) is 25.2 Å². The first-order valence-electron chi connectivity index (χ1n) is 11.0. The van der Waals surface area contributed by atoms with Crippen molar-refractivity contribution in [1.29, 1.82) is 0 Å². The van der Waals surface area contributed by atoms with E-state index >= 15 is 0 Å². The second kappa shape index (κ2) is 14.6. The van der Waals surface area contributed by atoms with Crippen LogP contribution in [0, 0.1) is 0 Å². The van der Waals surface area contributed by atoms with Gasteiger partial charge in [-0.2, -0.15) is 28.6 Å². The molecule has 0 aliphatic carbocycles. The molecule has 2 rings (SSSR count). The fourth-order valence-corrected chi connectivity index (χ4v) is 6.35. The quantitative estimate of drug-likeness (QED) is 0.265. The summed E-state index contributed by atoms with van der Waals surface area (Å²) >= 11 is 4.20. The van der Waals surface area contributed by atoms with Crippen molar-refractivity contribution in [2.24, 2.45) is 0 Å². The molecular weight excluding hydrogens is 474 g/mol. The highest BCUT2D eigenvalue weighted by Gasteiger charge is 2.39. The summed E-state index contributed by atoms with van der Waals surface area (Å²) in [7, 11) is 0. The zero-order valence-corrected chi connectivity index (χ0v) is 21.0. The molecule has 184 valence electrons. The van der Waals surface area contributed by atoms with Crippen LogP contribution in [0.3, 0.4) is 0 Å². The zero-order valence-electron chi connectivity index (χ0n) is 18.6. The van der Waals surface area contributed by atoms with Crippen LogP contribution in [0.25, 0.3) is 0 Å². The highest BCUT2D eigenvalue weighted by molar-refractivity contribution is 8.00. The van der Waals surface area contributed by atoms with Crippen LogP contribution in [0.15, 0.2) is 0 Å². The summed E-state index contributed by atoms with van der Waals surface area (Å²) in [4.78, 5) is 33.4. The SMILES string of the molecule is CSC(CN(N1CCCC1CCSCC(=O)O)N1CCCC1CCSCC(=O)O)C(=O)O. The fraction of sp³-hybridized carbons (Fsp3) is 0.850. The second-order valence-corrected chi connectivity index (χ2v) is 11.3. The molecule has 2 aliphatic rings. The molecular formula is C20H35N3O6S3. The Balaban J connectivity index is 2.07. The summed E-state index contributed by atoms with van der Waals surface area (Å²) in [6, 6.07) is 0.547. The lowest BCUT2D eigenvalue weighted by Crippen LogP contribution is -2.59. The molecule has 0 amide bonds. The van der Waals surface area contributed by atoms with Crippen LogP contribution in [-0.2, 0) is 14.4 Å². The summed E-state index contributed by atoms with van der Waals surface area (Å²) in [6.07, 6.45) is 7.69. The summed E-state index contributed by atoms with van der Waals surface area (Å²) in [5.74, 6) is -0.681. The molecule has 2 saturated heterocycles. The molecule has 0 aromatic carbocycles. The Bertz CT molecular complexity index is 589.